The number of amides is 1. The number of hydrogen-bond acceptors (Lipinski definition) is 9. The van der Waals surface area contributed by atoms with Gasteiger partial charge in [0.25, 0.3) is 0 Å². The third-order valence-electron chi connectivity index (χ3n) is 5.68. The molecule has 0 spiro atoms. The molecule has 0 fully saturated rings. The second kappa shape index (κ2) is 11.5. The van der Waals surface area contributed by atoms with Crippen molar-refractivity contribution in [1.29, 1.82) is 10.5 Å². The summed E-state index contributed by atoms with van der Waals surface area (Å²) < 4.78 is 16.3. The number of methoxy groups -OCH3 is 3. The molecular weight excluding hydrogens is 490 g/mol. The Balaban J connectivity index is 2.10. The number of nitriles is 2. The molecule has 190 valence electrons. The van der Waals surface area contributed by atoms with Crippen LogP contribution >= 0.6 is 11.8 Å². The summed E-state index contributed by atoms with van der Waals surface area (Å²) >= 11 is 1.08. The van der Waals surface area contributed by atoms with Crippen molar-refractivity contribution in [2.45, 2.75) is 31.0 Å². The van der Waals surface area contributed by atoms with Crippen LogP contribution in [-0.2, 0) is 4.79 Å². The minimum atomic E-state index is -0.625. The highest BCUT2D eigenvalue weighted by atomic mass is 32.2. The van der Waals surface area contributed by atoms with Crippen molar-refractivity contribution in [3.63, 3.8) is 0 Å². The van der Waals surface area contributed by atoms with Crippen LogP contribution < -0.4 is 25.3 Å². The van der Waals surface area contributed by atoms with Crippen molar-refractivity contribution in [3.8, 4) is 40.5 Å². The maximum absolute atomic E-state index is 13.0. The number of nitrogens with zero attached hydrogens (tertiary/aromatic N) is 3. The number of anilines is 2. The van der Waals surface area contributed by atoms with E-state index in [1.54, 1.807) is 19.1 Å². The lowest BCUT2D eigenvalue weighted by molar-refractivity contribution is -0.115. The third-order valence-corrected chi connectivity index (χ3v) is 6.76. The van der Waals surface area contributed by atoms with Crippen LogP contribution in [0.1, 0.15) is 29.2 Å². The van der Waals surface area contributed by atoms with E-state index < -0.39 is 5.25 Å². The molecule has 1 atom stereocenters. The SMILES string of the molecule is COc1cc(-c2c(C#N)c(N)nc(SC(C)C(=O)Nc3cc(C)ccc3C)c2C#N)cc(OC)c1OC. The summed E-state index contributed by atoms with van der Waals surface area (Å²) in [5.41, 5.74) is 9.67. The van der Waals surface area contributed by atoms with Crippen LogP contribution in [0.15, 0.2) is 35.4 Å². The van der Waals surface area contributed by atoms with Crippen LogP contribution in [0.3, 0.4) is 0 Å². The van der Waals surface area contributed by atoms with Gasteiger partial charge in [0.1, 0.15) is 28.5 Å². The molecule has 1 heterocycles. The molecule has 0 aliphatic rings. The number of thioether (sulfide) groups is 1. The van der Waals surface area contributed by atoms with E-state index in [0.717, 1.165) is 22.9 Å². The van der Waals surface area contributed by atoms with Gasteiger partial charge in [-0.15, -0.1) is 0 Å². The van der Waals surface area contributed by atoms with E-state index in [4.69, 9.17) is 19.9 Å². The summed E-state index contributed by atoms with van der Waals surface area (Å²) in [5.74, 6) is 0.724. The second-order valence-electron chi connectivity index (χ2n) is 8.13. The molecule has 3 N–H and O–H groups in total. The van der Waals surface area contributed by atoms with Crippen LogP contribution in [0.4, 0.5) is 11.5 Å². The van der Waals surface area contributed by atoms with E-state index in [9.17, 15) is 15.3 Å². The topological polar surface area (TPSA) is 143 Å². The molecule has 0 aliphatic heterocycles. The van der Waals surface area contributed by atoms with Crippen molar-refractivity contribution >= 4 is 29.2 Å². The maximum Gasteiger partial charge on any atom is 0.237 e. The van der Waals surface area contributed by atoms with Gasteiger partial charge < -0.3 is 25.3 Å². The number of nitrogen functional groups attached to an aromatic ring is 1. The Labute approximate surface area is 220 Å². The fourth-order valence-corrected chi connectivity index (χ4v) is 4.64. The molecule has 1 unspecified atom stereocenters. The van der Waals surface area contributed by atoms with Gasteiger partial charge >= 0.3 is 0 Å². The maximum atomic E-state index is 13.0. The third kappa shape index (κ3) is 5.55. The molecule has 9 nitrogen and oxygen atoms in total. The quantitative estimate of drug-likeness (QED) is 0.401. The average Bonchev–Trinajstić information content (AvgIpc) is 2.89. The van der Waals surface area contributed by atoms with Crippen molar-refractivity contribution in [2.75, 3.05) is 32.4 Å². The molecule has 3 rings (SSSR count). The van der Waals surface area contributed by atoms with E-state index in [-0.39, 0.29) is 33.4 Å². The lowest BCUT2D eigenvalue weighted by Gasteiger charge is -2.18. The van der Waals surface area contributed by atoms with Crippen LogP contribution in [0.25, 0.3) is 11.1 Å². The number of benzene rings is 2. The molecular formula is C27H27N5O4S. The van der Waals surface area contributed by atoms with Gasteiger partial charge in [-0.25, -0.2) is 4.98 Å². The zero-order valence-corrected chi connectivity index (χ0v) is 22.2. The van der Waals surface area contributed by atoms with Gasteiger partial charge in [-0.05, 0) is 55.7 Å². The Kier molecular flexibility index (Phi) is 8.49. The number of nitrogens with two attached hydrogens (primary N) is 1. The highest BCUT2D eigenvalue weighted by molar-refractivity contribution is 8.00. The zero-order chi connectivity index (χ0) is 27.3. The average molecular weight is 518 g/mol. The molecule has 0 saturated heterocycles. The Hall–Kier alpha value is -4.41. The molecule has 37 heavy (non-hydrogen) atoms. The molecule has 0 aliphatic carbocycles. The zero-order valence-electron chi connectivity index (χ0n) is 21.4. The van der Waals surface area contributed by atoms with Gasteiger partial charge in [0.2, 0.25) is 11.7 Å². The fourth-order valence-electron chi connectivity index (χ4n) is 3.72. The molecule has 0 saturated carbocycles. The normalized spacial score (nSPS) is 11.1. The minimum Gasteiger partial charge on any atom is -0.493 e. The monoisotopic (exact) mass is 517 g/mol. The summed E-state index contributed by atoms with van der Waals surface area (Å²) in [6.07, 6.45) is 0. The van der Waals surface area contributed by atoms with Gasteiger partial charge in [0.05, 0.1) is 32.1 Å². The number of nitrogens with one attached hydrogen (secondary N) is 1. The van der Waals surface area contributed by atoms with E-state index in [1.165, 1.54) is 21.3 Å². The molecule has 3 aromatic rings. The predicted octanol–water partition coefficient (Wildman–Crippen LogP) is 4.84. The van der Waals surface area contributed by atoms with Gasteiger partial charge in [-0.3, -0.25) is 4.79 Å². The van der Waals surface area contributed by atoms with Crippen molar-refractivity contribution in [1.82, 2.24) is 4.98 Å². The first kappa shape index (κ1) is 27.2. The number of ether oxygens (including phenoxy) is 3. The number of aryl methyl sites for hydroxylation is 2. The summed E-state index contributed by atoms with van der Waals surface area (Å²) in [4.78, 5) is 17.3. The predicted molar refractivity (Wildman–Crippen MR) is 143 cm³/mol. The van der Waals surface area contributed by atoms with Gasteiger partial charge in [-0.1, -0.05) is 23.9 Å². The Morgan fingerprint density at radius 3 is 2.19 bits per heavy atom. The fraction of sp³-hybridized carbons (Fsp3) is 0.259. The van der Waals surface area contributed by atoms with Crippen LogP contribution in [0, 0.1) is 36.5 Å². The number of pyridine rings is 1. The standard InChI is InChI=1S/C27H27N5O4S/c1-14-7-8-15(2)20(9-14)31-26(33)16(3)37-27-19(13-29)23(18(12-28)25(30)32-27)17-10-21(34-4)24(36-6)22(11-17)35-5/h7-11,16H,1-6H3,(H2,30,32)(H,31,33). The second-order valence-corrected chi connectivity index (χ2v) is 9.46. The number of rotatable bonds is 8. The minimum absolute atomic E-state index is 0.0302. The van der Waals surface area contributed by atoms with Crippen molar-refractivity contribution in [3.05, 3.63) is 52.6 Å². The molecule has 10 heteroatoms. The van der Waals surface area contributed by atoms with Crippen LogP contribution in [-0.4, -0.2) is 37.5 Å². The van der Waals surface area contributed by atoms with Crippen LogP contribution in [0.5, 0.6) is 17.2 Å². The number of carbonyl (C=O) groups is 1. The Bertz CT molecular complexity index is 1420. The smallest absolute Gasteiger partial charge is 0.237 e. The summed E-state index contributed by atoms with van der Waals surface area (Å²) in [5, 5.41) is 22.5. The molecule has 0 radical (unpaired) electrons. The highest BCUT2D eigenvalue weighted by Gasteiger charge is 2.26. The Morgan fingerprint density at radius 2 is 1.65 bits per heavy atom. The number of aromatic nitrogens is 1. The highest BCUT2D eigenvalue weighted by Crippen LogP contribution is 2.44. The van der Waals surface area contributed by atoms with Crippen molar-refractivity contribution in [2.24, 2.45) is 0 Å². The number of carbonyl (C=O) groups excluding carboxylic acids is 1. The van der Waals surface area contributed by atoms with E-state index in [0.29, 0.717) is 28.5 Å². The molecule has 1 aromatic heterocycles. The largest absolute Gasteiger partial charge is 0.493 e. The summed E-state index contributed by atoms with van der Waals surface area (Å²) in [6.45, 7) is 5.56. The lowest BCUT2D eigenvalue weighted by atomic mass is 9.96. The number of hydrogen-bond donors (Lipinski definition) is 2. The molecule has 0 bridgehead atoms. The lowest BCUT2D eigenvalue weighted by Crippen LogP contribution is -2.23. The van der Waals surface area contributed by atoms with Gasteiger partial charge in [0.15, 0.2) is 11.5 Å². The molecule has 2 aromatic carbocycles. The van der Waals surface area contributed by atoms with E-state index in [1.807, 2.05) is 38.1 Å². The van der Waals surface area contributed by atoms with Crippen molar-refractivity contribution < 1.29 is 19.0 Å². The summed E-state index contributed by atoms with van der Waals surface area (Å²) in [7, 11) is 4.41. The first-order valence-corrected chi connectivity index (χ1v) is 12.1. The van der Waals surface area contributed by atoms with E-state index >= 15 is 0 Å². The molecule has 1 amide bonds. The van der Waals surface area contributed by atoms with Gasteiger partial charge in [0, 0.05) is 11.3 Å². The van der Waals surface area contributed by atoms with E-state index in [2.05, 4.69) is 16.4 Å². The van der Waals surface area contributed by atoms with Gasteiger partial charge in [-0.2, -0.15) is 10.5 Å². The Morgan fingerprint density at radius 1 is 1.03 bits per heavy atom. The summed E-state index contributed by atoms with van der Waals surface area (Å²) in [6, 6.07) is 13.2. The first-order chi connectivity index (χ1) is 17.7. The van der Waals surface area contributed by atoms with Crippen LogP contribution in [0.2, 0.25) is 0 Å². The first-order valence-electron chi connectivity index (χ1n) is 11.2.